The summed E-state index contributed by atoms with van der Waals surface area (Å²) in [6.07, 6.45) is 11.8. The summed E-state index contributed by atoms with van der Waals surface area (Å²) >= 11 is 2.26. The Labute approximate surface area is 171 Å². The SMILES string of the molecule is CCCCCCCCC[Te]C(CCCC(=O)O)c1ccc(I)cc1. The number of hydrogen-bond acceptors (Lipinski definition) is 1. The third-order valence-electron chi connectivity index (χ3n) is 4.17. The van der Waals surface area contributed by atoms with Crippen LogP contribution in [0.3, 0.4) is 0 Å². The Morgan fingerprint density at radius 3 is 2.29 bits per heavy atom. The summed E-state index contributed by atoms with van der Waals surface area (Å²) in [5.74, 6) is -0.663. The van der Waals surface area contributed by atoms with Gasteiger partial charge < -0.3 is 0 Å². The number of rotatable bonds is 14. The van der Waals surface area contributed by atoms with Crippen molar-refractivity contribution < 1.29 is 9.90 Å². The zero-order valence-electron chi connectivity index (χ0n) is 14.8. The Hall–Kier alpha value is 0.210. The molecule has 0 amide bonds. The molecule has 0 aliphatic carbocycles. The number of benzene rings is 1. The fraction of sp³-hybridized carbons (Fsp3) is 0.650. The zero-order valence-corrected chi connectivity index (χ0v) is 19.3. The van der Waals surface area contributed by atoms with E-state index in [0.29, 0.717) is 10.4 Å². The average Bonchev–Trinajstić information content (AvgIpc) is 2.56. The zero-order chi connectivity index (χ0) is 17.6. The number of aliphatic carboxylic acids is 1. The molecule has 0 spiro atoms. The predicted molar refractivity (Wildman–Crippen MR) is 112 cm³/mol. The van der Waals surface area contributed by atoms with Gasteiger partial charge in [0.05, 0.1) is 0 Å². The molecule has 4 heteroatoms. The summed E-state index contributed by atoms with van der Waals surface area (Å²) in [6, 6.07) is 8.87. The molecule has 136 valence electrons. The van der Waals surface area contributed by atoms with Crippen molar-refractivity contribution in [1.29, 1.82) is 0 Å². The van der Waals surface area contributed by atoms with Gasteiger partial charge in [-0.1, -0.05) is 0 Å². The molecule has 1 unspecified atom stereocenters. The van der Waals surface area contributed by atoms with E-state index in [0.717, 1.165) is 12.8 Å². The molecule has 1 atom stereocenters. The molecular weight excluding hydrogens is 527 g/mol. The van der Waals surface area contributed by atoms with Crippen molar-refractivity contribution in [3.05, 3.63) is 33.4 Å². The average molecular weight is 558 g/mol. The van der Waals surface area contributed by atoms with Gasteiger partial charge in [0, 0.05) is 0 Å². The standard InChI is InChI=1S/C20H31IO2Te/c1-2-3-4-5-6-7-8-16-24-19(10-9-11-20(22)23)17-12-14-18(21)15-13-17/h12-15,19H,2-11,16H2,1H3,(H,22,23). The Morgan fingerprint density at radius 1 is 1.04 bits per heavy atom. The molecule has 1 rings (SSSR count). The Bertz CT molecular complexity index is 447. The maximum absolute atomic E-state index is 10.8. The monoisotopic (exact) mass is 560 g/mol. The molecule has 0 heterocycles. The summed E-state index contributed by atoms with van der Waals surface area (Å²) < 4.78 is 3.31. The maximum atomic E-state index is 10.8. The van der Waals surface area contributed by atoms with Crippen molar-refractivity contribution in [3.8, 4) is 0 Å². The normalized spacial score (nSPS) is 12.2. The fourth-order valence-corrected chi connectivity index (χ4v) is 6.93. The van der Waals surface area contributed by atoms with Gasteiger partial charge >= 0.3 is 172 Å². The third-order valence-corrected chi connectivity index (χ3v) is 8.98. The van der Waals surface area contributed by atoms with Gasteiger partial charge in [-0.25, -0.2) is 0 Å². The molecule has 0 radical (unpaired) electrons. The Morgan fingerprint density at radius 2 is 1.67 bits per heavy atom. The van der Waals surface area contributed by atoms with Crippen LogP contribution in [0, 0.1) is 3.57 Å². The van der Waals surface area contributed by atoms with E-state index in [1.54, 1.807) is 0 Å². The van der Waals surface area contributed by atoms with Gasteiger partial charge in [0.25, 0.3) is 0 Å². The van der Waals surface area contributed by atoms with Gasteiger partial charge in [0.2, 0.25) is 0 Å². The van der Waals surface area contributed by atoms with Gasteiger partial charge in [-0.2, -0.15) is 0 Å². The minimum atomic E-state index is -0.663. The minimum absolute atomic E-state index is 0.0824. The van der Waals surface area contributed by atoms with Crippen molar-refractivity contribution in [2.24, 2.45) is 0 Å². The first-order valence-electron chi connectivity index (χ1n) is 9.22. The molecule has 24 heavy (non-hydrogen) atoms. The number of carbonyl (C=O) groups is 1. The van der Waals surface area contributed by atoms with Crippen LogP contribution < -0.4 is 0 Å². The van der Waals surface area contributed by atoms with Crippen molar-refractivity contribution in [1.82, 2.24) is 0 Å². The van der Waals surface area contributed by atoms with E-state index < -0.39 is 5.97 Å². The number of unbranched alkanes of at least 4 members (excludes halogenated alkanes) is 6. The van der Waals surface area contributed by atoms with E-state index >= 15 is 0 Å². The molecule has 0 saturated heterocycles. The van der Waals surface area contributed by atoms with Gasteiger partial charge in [0.15, 0.2) is 0 Å². The second-order valence-electron chi connectivity index (χ2n) is 6.32. The first kappa shape index (κ1) is 22.3. The topological polar surface area (TPSA) is 37.3 Å². The predicted octanol–water partition coefficient (Wildman–Crippen LogP) is 6.46. The summed E-state index contributed by atoms with van der Waals surface area (Å²) in [7, 11) is 0. The van der Waals surface area contributed by atoms with Crippen LogP contribution in [0.25, 0.3) is 0 Å². The van der Waals surface area contributed by atoms with Crippen molar-refractivity contribution in [3.63, 3.8) is 0 Å². The molecule has 0 bridgehead atoms. The van der Waals surface area contributed by atoms with Gasteiger partial charge in [-0.3, -0.25) is 0 Å². The molecule has 1 aromatic carbocycles. The van der Waals surface area contributed by atoms with E-state index in [2.05, 4.69) is 53.8 Å². The van der Waals surface area contributed by atoms with Crippen molar-refractivity contribution in [2.75, 3.05) is 0 Å². The number of carboxylic acid groups (broad SMARTS) is 1. The summed E-state index contributed by atoms with van der Waals surface area (Å²) in [6.45, 7) is 2.26. The van der Waals surface area contributed by atoms with Crippen molar-refractivity contribution in [2.45, 2.75) is 79.6 Å². The van der Waals surface area contributed by atoms with Crippen LogP contribution in [0.5, 0.6) is 0 Å². The van der Waals surface area contributed by atoms with Gasteiger partial charge in [-0.05, 0) is 0 Å². The first-order chi connectivity index (χ1) is 11.6. The molecule has 1 N–H and O–H groups in total. The van der Waals surface area contributed by atoms with E-state index in [4.69, 9.17) is 5.11 Å². The first-order valence-corrected chi connectivity index (χ1v) is 13.3. The number of hydrogen-bond donors (Lipinski definition) is 1. The molecule has 0 fully saturated rings. The van der Waals surface area contributed by atoms with Crippen LogP contribution in [-0.4, -0.2) is 32.0 Å². The molecule has 0 aromatic heterocycles. The molecule has 2 nitrogen and oxygen atoms in total. The van der Waals surface area contributed by atoms with Crippen molar-refractivity contribution >= 4 is 49.5 Å². The van der Waals surface area contributed by atoms with Crippen LogP contribution in [0.2, 0.25) is 4.47 Å². The third kappa shape index (κ3) is 10.9. The van der Waals surface area contributed by atoms with Crippen LogP contribution >= 0.6 is 22.6 Å². The van der Waals surface area contributed by atoms with Crippen LogP contribution in [0.1, 0.15) is 80.7 Å². The molecule has 0 aliphatic heterocycles. The van der Waals surface area contributed by atoms with Crippen LogP contribution in [0.15, 0.2) is 24.3 Å². The van der Waals surface area contributed by atoms with Gasteiger partial charge in [-0.15, -0.1) is 0 Å². The second-order valence-corrected chi connectivity index (χ2v) is 11.3. The Kier molecular flexibility index (Phi) is 13.3. The molecule has 1 aromatic rings. The summed E-state index contributed by atoms with van der Waals surface area (Å²) in [5.41, 5.74) is 1.44. The quantitative estimate of drug-likeness (QED) is 0.162. The fourth-order valence-electron chi connectivity index (χ4n) is 2.75. The van der Waals surface area contributed by atoms with E-state index in [9.17, 15) is 4.79 Å². The number of carboxylic acids is 1. The molecule has 0 aliphatic rings. The van der Waals surface area contributed by atoms with E-state index in [-0.39, 0.29) is 20.9 Å². The molecule has 0 saturated carbocycles. The van der Waals surface area contributed by atoms with E-state index in [1.807, 2.05) is 0 Å². The Balaban J connectivity index is 2.33. The van der Waals surface area contributed by atoms with Gasteiger partial charge in [0.1, 0.15) is 0 Å². The van der Waals surface area contributed by atoms with Crippen LogP contribution in [0.4, 0.5) is 0 Å². The number of halogens is 1. The summed E-state index contributed by atoms with van der Waals surface area (Å²) in [4.78, 5) is 10.8. The second kappa shape index (κ2) is 14.4. The molecular formula is C20H31IO2Te. The van der Waals surface area contributed by atoms with E-state index in [1.165, 1.54) is 58.5 Å². The summed E-state index contributed by atoms with van der Waals surface area (Å²) in [5, 5.41) is 8.88. The van der Waals surface area contributed by atoms with Crippen LogP contribution in [-0.2, 0) is 4.79 Å².